The van der Waals surface area contributed by atoms with E-state index in [-0.39, 0.29) is 24.7 Å². The van der Waals surface area contributed by atoms with E-state index in [1.807, 2.05) is 5.38 Å². The number of amides is 1. The van der Waals surface area contributed by atoms with Gasteiger partial charge in [-0.15, -0.1) is 11.3 Å². The lowest BCUT2D eigenvalue weighted by Crippen LogP contribution is -2.14. The van der Waals surface area contributed by atoms with Gasteiger partial charge in [0.1, 0.15) is 5.01 Å². The summed E-state index contributed by atoms with van der Waals surface area (Å²) in [5, 5.41) is 5.44. The number of rotatable bonds is 6. The van der Waals surface area contributed by atoms with Gasteiger partial charge >= 0.3 is 5.97 Å². The fourth-order valence-electron chi connectivity index (χ4n) is 1.84. The Labute approximate surface area is 132 Å². The Morgan fingerprint density at radius 2 is 2.00 bits per heavy atom. The second-order valence-electron chi connectivity index (χ2n) is 4.61. The van der Waals surface area contributed by atoms with Gasteiger partial charge in [-0.3, -0.25) is 9.59 Å². The van der Waals surface area contributed by atoms with Crippen LogP contribution in [0.4, 0.5) is 5.69 Å². The van der Waals surface area contributed by atoms with Gasteiger partial charge in [-0.25, -0.2) is 4.98 Å². The number of hydrogen-bond acceptors (Lipinski definition) is 6. The third-order valence-corrected chi connectivity index (χ3v) is 3.85. The van der Waals surface area contributed by atoms with Gasteiger partial charge in [0.25, 0.3) is 0 Å². The van der Waals surface area contributed by atoms with Crippen molar-refractivity contribution in [1.29, 1.82) is 0 Å². The SMILES string of the molecule is COC(=O)Cc1ccc(NC(=O)Cc2csc(CN)n2)cc1. The number of anilines is 1. The average molecular weight is 319 g/mol. The molecule has 0 aliphatic heterocycles. The van der Waals surface area contributed by atoms with Crippen LogP contribution in [0.25, 0.3) is 0 Å². The molecule has 2 aromatic rings. The van der Waals surface area contributed by atoms with Gasteiger partial charge in [0.15, 0.2) is 0 Å². The summed E-state index contributed by atoms with van der Waals surface area (Å²) < 4.78 is 4.60. The van der Waals surface area contributed by atoms with Crippen molar-refractivity contribution in [2.75, 3.05) is 12.4 Å². The van der Waals surface area contributed by atoms with E-state index in [4.69, 9.17) is 5.73 Å². The van der Waals surface area contributed by atoms with E-state index in [1.165, 1.54) is 18.4 Å². The monoisotopic (exact) mass is 319 g/mol. The molecule has 1 amide bonds. The zero-order chi connectivity index (χ0) is 15.9. The highest BCUT2D eigenvalue weighted by Crippen LogP contribution is 2.13. The second-order valence-corrected chi connectivity index (χ2v) is 5.55. The van der Waals surface area contributed by atoms with Crippen molar-refractivity contribution in [3.63, 3.8) is 0 Å². The number of aromatic nitrogens is 1. The lowest BCUT2D eigenvalue weighted by atomic mass is 10.1. The van der Waals surface area contributed by atoms with Crippen LogP contribution in [0.3, 0.4) is 0 Å². The molecule has 6 nitrogen and oxygen atoms in total. The standard InChI is InChI=1S/C15H17N3O3S/c1-21-15(20)6-10-2-4-11(5-3-10)17-13(19)7-12-9-22-14(8-16)18-12/h2-5,9H,6-8,16H2,1H3,(H,17,19). The second kappa shape index (κ2) is 7.67. The van der Waals surface area contributed by atoms with E-state index in [9.17, 15) is 9.59 Å². The third kappa shape index (κ3) is 4.64. The Kier molecular flexibility index (Phi) is 5.62. The molecule has 1 heterocycles. The van der Waals surface area contributed by atoms with Gasteiger partial charge in [0, 0.05) is 17.6 Å². The molecule has 2 rings (SSSR count). The topological polar surface area (TPSA) is 94.3 Å². The number of ether oxygens (including phenoxy) is 1. The Balaban J connectivity index is 1.89. The predicted octanol–water partition coefficient (Wildman–Crippen LogP) is 1.50. The zero-order valence-corrected chi connectivity index (χ0v) is 13.0. The number of nitrogens with zero attached hydrogens (tertiary/aromatic N) is 1. The van der Waals surface area contributed by atoms with E-state index in [0.717, 1.165) is 10.6 Å². The van der Waals surface area contributed by atoms with Crippen molar-refractivity contribution < 1.29 is 14.3 Å². The first-order chi connectivity index (χ1) is 10.6. The summed E-state index contributed by atoms with van der Waals surface area (Å²) in [7, 11) is 1.35. The van der Waals surface area contributed by atoms with Crippen LogP contribution in [0.5, 0.6) is 0 Å². The van der Waals surface area contributed by atoms with Crippen LogP contribution in [0.2, 0.25) is 0 Å². The van der Waals surface area contributed by atoms with Gasteiger partial charge < -0.3 is 15.8 Å². The molecule has 3 N–H and O–H groups in total. The molecular weight excluding hydrogens is 302 g/mol. The van der Waals surface area contributed by atoms with Crippen LogP contribution >= 0.6 is 11.3 Å². The Bertz CT molecular complexity index is 652. The minimum absolute atomic E-state index is 0.144. The maximum absolute atomic E-state index is 11.9. The molecule has 0 bridgehead atoms. The lowest BCUT2D eigenvalue weighted by Gasteiger charge is -2.05. The minimum atomic E-state index is -0.295. The average Bonchev–Trinajstić information content (AvgIpc) is 2.96. The largest absolute Gasteiger partial charge is 0.469 e. The predicted molar refractivity (Wildman–Crippen MR) is 84.5 cm³/mol. The van der Waals surface area contributed by atoms with Gasteiger partial charge in [0.2, 0.25) is 5.91 Å². The molecule has 0 saturated heterocycles. The Morgan fingerprint density at radius 3 is 2.59 bits per heavy atom. The molecule has 0 fully saturated rings. The van der Waals surface area contributed by atoms with Crippen LogP contribution in [-0.2, 0) is 33.7 Å². The van der Waals surface area contributed by atoms with E-state index in [0.29, 0.717) is 17.9 Å². The molecule has 0 saturated carbocycles. The summed E-state index contributed by atoms with van der Waals surface area (Å²) >= 11 is 1.45. The van der Waals surface area contributed by atoms with Crippen LogP contribution in [0.1, 0.15) is 16.3 Å². The molecule has 0 aliphatic carbocycles. The highest BCUT2D eigenvalue weighted by Gasteiger charge is 2.08. The van der Waals surface area contributed by atoms with Crippen molar-refractivity contribution in [2.45, 2.75) is 19.4 Å². The van der Waals surface area contributed by atoms with E-state index >= 15 is 0 Å². The van der Waals surface area contributed by atoms with Gasteiger partial charge in [0.05, 0.1) is 25.6 Å². The van der Waals surface area contributed by atoms with E-state index in [2.05, 4.69) is 15.0 Å². The van der Waals surface area contributed by atoms with Crippen molar-refractivity contribution >= 4 is 28.9 Å². The summed E-state index contributed by atoms with van der Waals surface area (Å²) in [5.74, 6) is -0.439. The van der Waals surface area contributed by atoms with Crippen molar-refractivity contribution in [1.82, 2.24) is 4.98 Å². The van der Waals surface area contributed by atoms with E-state index < -0.39 is 0 Å². The smallest absolute Gasteiger partial charge is 0.309 e. The number of esters is 1. The number of methoxy groups -OCH3 is 1. The molecule has 0 radical (unpaired) electrons. The van der Waals surface area contributed by atoms with Crippen LogP contribution in [0, 0.1) is 0 Å². The highest BCUT2D eigenvalue weighted by atomic mass is 32.1. The fourth-order valence-corrected chi connectivity index (χ4v) is 2.51. The van der Waals surface area contributed by atoms with Crippen LogP contribution < -0.4 is 11.1 Å². The molecule has 0 aliphatic rings. The first kappa shape index (κ1) is 16.1. The molecule has 0 spiro atoms. The van der Waals surface area contributed by atoms with Gasteiger partial charge in [-0.2, -0.15) is 0 Å². The number of hydrogen-bond donors (Lipinski definition) is 2. The maximum Gasteiger partial charge on any atom is 0.309 e. The lowest BCUT2D eigenvalue weighted by molar-refractivity contribution is -0.139. The number of nitrogens with two attached hydrogens (primary N) is 1. The summed E-state index contributed by atoms with van der Waals surface area (Å²) in [6.45, 7) is 0.383. The summed E-state index contributed by atoms with van der Waals surface area (Å²) in [6, 6.07) is 7.06. The minimum Gasteiger partial charge on any atom is -0.469 e. The fraction of sp³-hybridized carbons (Fsp3) is 0.267. The molecule has 0 atom stereocenters. The van der Waals surface area contributed by atoms with Gasteiger partial charge in [-0.05, 0) is 17.7 Å². The quantitative estimate of drug-likeness (QED) is 0.787. The summed E-state index contributed by atoms with van der Waals surface area (Å²) in [5.41, 5.74) is 7.71. The molecule has 7 heteroatoms. The first-order valence-corrected chi connectivity index (χ1v) is 7.57. The molecule has 1 aromatic heterocycles. The summed E-state index contributed by atoms with van der Waals surface area (Å²) in [4.78, 5) is 27.4. The van der Waals surface area contributed by atoms with Crippen LogP contribution in [-0.4, -0.2) is 24.0 Å². The van der Waals surface area contributed by atoms with Gasteiger partial charge in [-0.1, -0.05) is 12.1 Å². The summed E-state index contributed by atoms with van der Waals surface area (Å²) in [6.07, 6.45) is 0.422. The van der Waals surface area contributed by atoms with Crippen molar-refractivity contribution in [3.05, 3.63) is 45.9 Å². The Morgan fingerprint density at radius 1 is 1.27 bits per heavy atom. The number of thiazole rings is 1. The molecule has 0 unspecified atom stereocenters. The number of carbonyl (C=O) groups excluding carboxylic acids is 2. The van der Waals surface area contributed by atoms with Crippen molar-refractivity contribution in [2.24, 2.45) is 5.73 Å². The van der Waals surface area contributed by atoms with E-state index in [1.54, 1.807) is 24.3 Å². The normalized spacial score (nSPS) is 10.3. The molecule has 1 aromatic carbocycles. The molecular formula is C15H17N3O3S. The first-order valence-electron chi connectivity index (χ1n) is 6.69. The zero-order valence-electron chi connectivity index (χ0n) is 12.2. The molecule has 116 valence electrons. The number of carbonyl (C=O) groups is 2. The number of benzene rings is 1. The highest BCUT2D eigenvalue weighted by molar-refractivity contribution is 7.09. The third-order valence-electron chi connectivity index (χ3n) is 2.93. The molecule has 22 heavy (non-hydrogen) atoms. The maximum atomic E-state index is 11.9. The Hall–Kier alpha value is -2.25. The van der Waals surface area contributed by atoms with Crippen LogP contribution in [0.15, 0.2) is 29.6 Å². The number of nitrogens with one attached hydrogen (secondary N) is 1. The van der Waals surface area contributed by atoms with Crippen molar-refractivity contribution in [3.8, 4) is 0 Å².